The highest BCUT2D eigenvalue weighted by molar-refractivity contribution is 5.28. The highest BCUT2D eigenvalue weighted by Crippen LogP contribution is 2.48. The van der Waals surface area contributed by atoms with E-state index >= 15 is 0 Å². The minimum absolute atomic E-state index is 0.232. The number of hydrogen-bond donors (Lipinski definition) is 1. The Morgan fingerprint density at radius 3 is 2.28 bits per heavy atom. The van der Waals surface area contributed by atoms with Gasteiger partial charge in [-0.15, -0.1) is 0 Å². The van der Waals surface area contributed by atoms with Gasteiger partial charge in [-0.2, -0.15) is 0 Å². The summed E-state index contributed by atoms with van der Waals surface area (Å²) in [5.41, 5.74) is 2.04. The summed E-state index contributed by atoms with van der Waals surface area (Å²) in [5, 5.41) is 11.0. The van der Waals surface area contributed by atoms with E-state index in [4.69, 9.17) is 0 Å². The van der Waals surface area contributed by atoms with Gasteiger partial charge in [-0.25, -0.2) is 0 Å². The SMILES string of the molecule is CCc1ccc(C2(O)CC(C)CC(C)(C)C2)cc1. The standard InChI is InChI=1S/C17H26O/c1-5-14-6-8-15(9-7-14)17(18)11-13(2)10-16(3,4)12-17/h6-9,13,18H,5,10-12H2,1-4H3. The van der Waals surface area contributed by atoms with Crippen molar-refractivity contribution in [2.45, 2.75) is 59.0 Å². The number of hydrogen-bond acceptors (Lipinski definition) is 1. The lowest BCUT2D eigenvalue weighted by atomic mass is 9.64. The van der Waals surface area contributed by atoms with Gasteiger partial charge in [-0.05, 0) is 48.1 Å². The third-order valence-corrected chi connectivity index (χ3v) is 4.26. The van der Waals surface area contributed by atoms with Crippen LogP contribution in [0.15, 0.2) is 24.3 Å². The quantitative estimate of drug-likeness (QED) is 0.825. The van der Waals surface area contributed by atoms with Gasteiger partial charge in [0.2, 0.25) is 0 Å². The summed E-state index contributed by atoms with van der Waals surface area (Å²) in [6, 6.07) is 8.54. The van der Waals surface area contributed by atoms with Gasteiger partial charge in [0.15, 0.2) is 0 Å². The molecule has 100 valence electrons. The molecule has 2 atom stereocenters. The molecule has 1 saturated carbocycles. The Bertz CT molecular complexity index is 404. The van der Waals surface area contributed by atoms with E-state index in [-0.39, 0.29) is 5.41 Å². The lowest BCUT2D eigenvalue weighted by Gasteiger charge is -2.45. The van der Waals surface area contributed by atoms with Crippen LogP contribution in [0.3, 0.4) is 0 Å². The fourth-order valence-electron chi connectivity index (χ4n) is 3.80. The number of rotatable bonds is 2. The minimum atomic E-state index is -0.632. The van der Waals surface area contributed by atoms with Crippen molar-refractivity contribution >= 4 is 0 Å². The Labute approximate surface area is 111 Å². The summed E-state index contributed by atoms with van der Waals surface area (Å²) in [7, 11) is 0. The molecule has 1 aliphatic carbocycles. The fourth-order valence-corrected chi connectivity index (χ4v) is 3.80. The molecule has 0 saturated heterocycles. The average molecular weight is 246 g/mol. The molecule has 1 aliphatic rings. The van der Waals surface area contributed by atoms with Crippen molar-refractivity contribution in [3.8, 4) is 0 Å². The molecule has 1 heteroatoms. The van der Waals surface area contributed by atoms with Crippen molar-refractivity contribution in [2.24, 2.45) is 11.3 Å². The van der Waals surface area contributed by atoms with E-state index in [1.54, 1.807) is 0 Å². The molecule has 18 heavy (non-hydrogen) atoms. The van der Waals surface area contributed by atoms with E-state index in [2.05, 4.69) is 52.0 Å². The van der Waals surface area contributed by atoms with Crippen molar-refractivity contribution < 1.29 is 5.11 Å². The van der Waals surface area contributed by atoms with E-state index in [9.17, 15) is 5.11 Å². The van der Waals surface area contributed by atoms with Gasteiger partial charge in [0.05, 0.1) is 5.60 Å². The predicted molar refractivity (Wildman–Crippen MR) is 76.5 cm³/mol. The van der Waals surface area contributed by atoms with Crippen LogP contribution in [0, 0.1) is 11.3 Å². The number of aliphatic hydroxyl groups is 1. The zero-order valence-electron chi connectivity index (χ0n) is 12.2. The van der Waals surface area contributed by atoms with Crippen LogP contribution in [-0.4, -0.2) is 5.11 Å². The average Bonchev–Trinajstić information content (AvgIpc) is 2.26. The van der Waals surface area contributed by atoms with Gasteiger partial charge in [-0.1, -0.05) is 52.0 Å². The van der Waals surface area contributed by atoms with E-state index in [1.807, 2.05) is 0 Å². The Balaban J connectivity index is 2.28. The highest BCUT2D eigenvalue weighted by Gasteiger charge is 2.42. The van der Waals surface area contributed by atoms with E-state index < -0.39 is 5.60 Å². The molecule has 0 heterocycles. The lowest BCUT2D eigenvalue weighted by molar-refractivity contribution is -0.0635. The molecule has 2 unspecified atom stereocenters. The predicted octanol–water partition coefficient (Wildman–Crippen LogP) is 4.28. The normalized spacial score (nSPS) is 31.3. The Kier molecular flexibility index (Phi) is 3.55. The molecule has 0 amide bonds. The van der Waals surface area contributed by atoms with Crippen molar-refractivity contribution in [2.75, 3.05) is 0 Å². The van der Waals surface area contributed by atoms with E-state index in [0.717, 1.165) is 24.8 Å². The third-order valence-electron chi connectivity index (χ3n) is 4.26. The van der Waals surface area contributed by atoms with E-state index in [0.29, 0.717) is 5.92 Å². The molecule has 0 spiro atoms. The second-order valence-corrected chi connectivity index (χ2v) is 6.94. The summed E-state index contributed by atoms with van der Waals surface area (Å²) in [6.45, 7) is 8.96. The second-order valence-electron chi connectivity index (χ2n) is 6.94. The topological polar surface area (TPSA) is 20.2 Å². The first kappa shape index (κ1) is 13.6. The van der Waals surface area contributed by atoms with Crippen LogP contribution in [0.5, 0.6) is 0 Å². The molecule has 0 aromatic heterocycles. The summed E-state index contributed by atoms with van der Waals surface area (Å²) < 4.78 is 0. The van der Waals surface area contributed by atoms with Gasteiger partial charge in [0.25, 0.3) is 0 Å². The summed E-state index contributed by atoms with van der Waals surface area (Å²) in [6.07, 6.45) is 4.03. The minimum Gasteiger partial charge on any atom is -0.385 e. The van der Waals surface area contributed by atoms with Crippen molar-refractivity contribution in [3.05, 3.63) is 35.4 Å². The summed E-state index contributed by atoms with van der Waals surface area (Å²) in [5.74, 6) is 0.588. The van der Waals surface area contributed by atoms with Crippen molar-refractivity contribution in [1.29, 1.82) is 0 Å². The number of aryl methyl sites for hydroxylation is 1. The molecule has 1 N–H and O–H groups in total. The molecule has 0 radical (unpaired) electrons. The molecule has 1 fully saturated rings. The molecule has 0 aliphatic heterocycles. The van der Waals surface area contributed by atoms with Crippen LogP contribution in [-0.2, 0) is 12.0 Å². The van der Waals surface area contributed by atoms with Gasteiger partial charge in [0.1, 0.15) is 0 Å². The Morgan fingerprint density at radius 1 is 1.17 bits per heavy atom. The summed E-state index contributed by atoms with van der Waals surface area (Å²) in [4.78, 5) is 0. The van der Waals surface area contributed by atoms with E-state index in [1.165, 1.54) is 12.0 Å². The van der Waals surface area contributed by atoms with Crippen LogP contribution in [0.1, 0.15) is 58.1 Å². The van der Waals surface area contributed by atoms with Gasteiger partial charge in [-0.3, -0.25) is 0 Å². The molecule has 2 rings (SSSR count). The molecule has 1 nitrogen and oxygen atoms in total. The Morgan fingerprint density at radius 2 is 1.78 bits per heavy atom. The third kappa shape index (κ3) is 2.77. The van der Waals surface area contributed by atoms with Gasteiger partial charge >= 0.3 is 0 Å². The lowest BCUT2D eigenvalue weighted by Crippen LogP contribution is -2.39. The number of benzene rings is 1. The monoisotopic (exact) mass is 246 g/mol. The van der Waals surface area contributed by atoms with Crippen LogP contribution in [0.25, 0.3) is 0 Å². The maximum atomic E-state index is 11.0. The zero-order chi connectivity index (χ0) is 13.4. The first-order chi connectivity index (χ1) is 8.35. The molecular formula is C17H26O. The highest BCUT2D eigenvalue weighted by atomic mass is 16.3. The summed E-state index contributed by atoms with van der Waals surface area (Å²) >= 11 is 0. The maximum Gasteiger partial charge on any atom is 0.0904 e. The van der Waals surface area contributed by atoms with Crippen molar-refractivity contribution in [1.82, 2.24) is 0 Å². The zero-order valence-corrected chi connectivity index (χ0v) is 12.2. The first-order valence-electron chi connectivity index (χ1n) is 7.16. The van der Waals surface area contributed by atoms with Crippen molar-refractivity contribution in [3.63, 3.8) is 0 Å². The largest absolute Gasteiger partial charge is 0.385 e. The second kappa shape index (κ2) is 4.70. The Hall–Kier alpha value is -0.820. The van der Waals surface area contributed by atoms with Crippen LogP contribution < -0.4 is 0 Å². The maximum absolute atomic E-state index is 11.0. The smallest absolute Gasteiger partial charge is 0.0904 e. The van der Waals surface area contributed by atoms with Gasteiger partial charge < -0.3 is 5.11 Å². The fraction of sp³-hybridized carbons (Fsp3) is 0.647. The molecular weight excluding hydrogens is 220 g/mol. The van der Waals surface area contributed by atoms with Crippen LogP contribution >= 0.6 is 0 Å². The molecule has 0 bridgehead atoms. The van der Waals surface area contributed by atoms with Gasteiger partial charge in [0, 0.05) is 0 Å². The van der Waals surface area contributed by atoms with Crippen LogP contribution in [0.4, 0.5) is 0 Å². The molecule has 1 aromatic rings. The molecule has 1 aromatic carbocycles. The van der Waals surface area contributed by atoms with Crippen LogP contribution in [0.2, 0.25) is 0 Å². The first-order valence-corrected chi connectivity index (χ1v) is 7.16.